The number of nitrogens with zero attached hydrogens (tertiary/aromatic N) is 2. The molecule has 0 atom stereocenters. The molecule has 7 nitrogen and oxygen atoms in total. The molecule has 2 N–H and O–H groups in total. The molecular weight excluding hydrogens is 392 g/mol. The second-order valence-electron chi connectivity index (χ2n) is 7.63. The summed E-state index contributed by atoms with van der Waals surface area (Å²) in [6, 6.07) is 17.2. The first-order chi connectivity index (χ1) is 15.0. The van der Waals surface area contributed by atoms with Crippen molar-refractivity contribution in [1.82, 2.24) is 19.4 Å². The zero-order valence-electron chi connectivity index (χ0n) is 17.5. The number of nitrogens with one attached hydrogen (secondary N) is 2. The van der Waals surface area contributed by atoms with Gasteiger partial charge in [0, 0.05) is 19.8 Å². The Labute approximate surface area is 179 Å². The van der Waals surface area contributed by atoms with Crippen LogP contribution in [0.25, 0.3) is 16.7 Å². The fourth-order valence-corrected chi connectivity index (χ4v) is 3.71. The van der Waals surface area contributed by atoms with E-state index in [0.29, 0.717) is 12.2 Å². The van der Waals surface area contributed by atoms with Crippen molar-refractivity contribution < 1.29 is 4.79 Å². The molecule has 1 amide bonds. The van der Waals surface area contributed by atoms with Crippen molar-refractivity contribution >= 4 is 16.9 Å². The molecule has 0 aliphatic rings. The molecular formula is C24H24N4O3. The van der Waals surface area contributed by atoms with Crippen LogP contribution in [0.1, 0.15) is 27.9 Å². The molecule has 2 aromatic heterocycles. The van der Waals surface area contributed by atoms with Gasteiger partial charge in [-0.25, -0.2) is 9.36 Å². The largest absolute Gasteiger partial charge is 0.352 e. The van der Waals surface area contributed by atoms with Gasteiger partial charge in [0.25, 0.3) is 11.5 Å². The summed E-state index contributed by atoms with van der Waals surface area (Å²) in [5.41, 5.74) is 2.48. The normalized spacial score (nSPS) is 11.0. The molecule has 0 aliphatic carbocycles. The molecule has 4 rings (SSSR count). The predicted octanol–water partition coefficient (Wildman–Crippen LogP) is 2.69. The third kappa shape index (κ3) is 4.07. The first kappa shape index (κ1) is 20.4. The highest BCUT2D eigenvalue weighted by molar-refractivity contribution is 6.05. The zero-order chi connectivity index (χ0) is 22.0. The van der Waals surface area contributed by atoms with Crippen LogP contribution in [0.5, 0.6) is 0 Å². The maximum Gasteiger partial charge on any atom is 0.333 e. The Bertz CT molecular complexity index is 1350. The van der Waals surface area contributed by atoms with Crippen molar-refractivity contribution in [2.24, 2.45) is 7.05 Å². The Morgan fingerprint density at radius 3 is 2.45 bits per heavy atom. The highest BCUT2D eigenvalue weighted by atomic mass is 16.2. The maximum absolute atomic E-state index is 13.1. The standard InChI is InChI=1S/C24H24N4O3/c1-16-10-12-18(13-11-16)28-23(30)21-20(26-24(28)31)19(15-27(21)2)22(29)25-14-6-9-17-7-4-3-5-8-17/h3-5,7-8,10-13,15H,6,9,14H2,1-2H3,(H,25,29)(H,26,31). The van der Waals surface area contributed by atoms with Gasteiger partial charge in [0.2, 0.25) is 0 Å². The van der Waals surface area contributed by atoms with E-state index in [2.05, 4.69) is 22.4 Å². The molecule has 31 heavy (non-hydrogen) atoms. The third-order valence-electron chi connectivity index (χ3n) is 5.33. The molecule has 0 saturated heterocycles. The number of aromatic nitrogens is 3. The van der Waals surface area contributed by atoms with E-state index in [4.69, 9.17) is 0 Å². The minimum absolute atomic E-state index is 0.251. The van der Waals surface area contributed by atoms with E-state index >= 15 is 0 Å². The van der Waals surface area contributed by atoms with Crippen molar-refractivity contribution in [3.05, 3.63) is 98.3 Å². The number of carbonyl (C=O) groups is 1. The van der Waals surface area contributed by atoms with Crippen LogP contribution in [0.4, 0.5) is 0 Å². The Morgan fingerprint density at radius 2 is 1.74 bits per heavy atom. The number of H-pyrrole nitrogens is 1. The molecule has 0 unspecified atom stereocenters. The lowest BCUT2D eigenvalue weighted by molar-refractivity contribution is 0.0954. The maximum atomic E-state index is 13.1. The number of rotatable bonds is 6. The quantitative estimate of drug-likeness (QED) is 0.474. The van der Waals surface area contributed by atoms with Gasteiger partial charge >= 0.3 is 5.69 Å². The van der Waals surface area contributed by atoms with Crippen LogP contribution in [0, 0.1) is 6.92 Å². The molecule has 7 heteroatoms. The second kappa shape index (κ2) is 8.47. The fourth-order valence-electron chi connectivity index (χ4n) is 3.71. The lowest BCUT2D eigenvalue weighted by Gasteiger charge is -2.07. The van der Waals surface area contributed by atoms with Gasteiger partial charge in [-0.2, -0.15) is 0 Å². The summed E-state index contributed by atoms with van der Waals surface area (Å²) in [7, 11) is 1.69. The number of carbonyl (C=O) groups excluding carboxylic acids is 1. The van der Waals surface area contributed by atoms with E-state index in [1.54, 1.807) is 29.9 Å². The Morgan fingerprint density at radius 1 is 1.03 bits per heavy atom. The van der Waals surface area contributed by atoms with Gasteiger partial charge in [-0.05, 0) is 37.5 Å². The summed E-state index contributed by atoms with van der Waals surface area (Å²) in [5, 5.41) is 2.88. The predicted molar refractivity (Wildman–Crippen MR) is 121 cm³/mol. The van der Waals surface area contributed by atoms with Crippen LogP contribution in [-0.2, 0) is 13.5 Å². The van der Waals surface area contributed by atoms with Gasteiger partial charge in [-0.3, -0.25) is 9.59 Å². The molecule has 0 spiro atoms. The van der Waals surface area contributed by atoms with Gasteiger partial charge in [0.15, 0.2) is 0 Å². The van der Waals surface area contributed by atoms with Crippen molar-refractivity contribution in [3.63, 3.8) is 0 Å². The minimum Gasteiger partial charge on any atom is -0.352 e. The minimum atomic E-state index is -0.578. The van der Waals surface area contributed by atoms with Crippen LogP contribution < -0.4 is 16.6 Å². The van der Waals surface area contributed by atoms with Gasteiger partial charge in [0.05, 0.1) is 16.8 Å². The molecule has 0 fully saturated rings. The Kier molecular flexibility index (Phi) is 5.58. The van der Waals surface area contributed by atoms with E-state index in [1.807, 2.05) is 37.3 Å². The summed E-state index contributed by atoms with van der Waals surface area (Å²) in [5.74, 6) is -0.318. The van der Waals surface area contributed by atoms with E-state index in [0.717, 1.165) is 23.0 Å². The molecule has 0 saturated carbocycles. The lowest BCUT2D eigenvalue weighted by Crippen LogP contribution is -2.34. The Balaban J connectivity index is 1.59. The number of aryl methyl sites for hydroxylation is 3. The van der Waals surface area contributed by atoms with E-state index in [9.17, 15) is 14.4 Å². The van der Waals surface area contributed by atoms with Crippen LogP contribution in [0.3, 0.4) is 0 Å². The number of hydrogen-bond acceptors (Lipinski definition) is 3. The highest BCUT2D eigenvalue weighted by Crippen LogP contribution is 2.15. The van der Waals surface area contributed by atoms with Crippen molar-refractivity contribution in [3.8, 4) is 5.69 Å². The average molecular weight is 416 g/mol. The molecule has 0 aliphatic heterocycles. The fraction of sp³-hybridized carbons (Fsp3) is 0.208. The SMILES string of the molecule is Cc1ccc(-n2c(=O)[nH]c3c(C(=O)NCCCc4ccccc4)cn(C)c3c2=O)cc1. The summed E-state index contributed by atoms with van der Waals surface area (Å²) in [6.45, 7) is 2.43. The number of aromatic amines is 1. The molecule has 158 valence electrons. The van der Waals surface area contributed by atoms with Gasteiger partial charge in [0.1, 0.15) is 5.52 Å². The number of benzene rings is 2. The van der Waals surface area contributed by atoms with E-state index in [1.165, 1.54) is 5.56 Å². The monoisotopic (exact) mass is 416 g/mol. The molecule has 0 radical (unpaired) electrons. The molecule has 4 aromatic rings. The lowest BCUT2D eigenvalue weighted by atomic mass is 10.1. The number of fused-ring (bicyclic) bond motifs is 1. The Hall–Kier alpha value is -3.87. The number of hydrogen-bond donors (Lipinski definition) is 2. The van der Waals surface area contributed by atoms with Crippen LogP contribution in [-0.4, -0.2) is 26.6 Å². The van der Waals surface area contributed by atoms with Crippen LogP contribution in [0.15, 0.2) is 70.4 Å². The first-order valence-corrected chi connectivity index (χ1v) is 10.2. The zero-order valence-corrected chi connectivity index (χ0v) is 17.5. The first-order valence-electron chi connectivity index (χ1n) is 10.2. The average Bonchev–Trinajstić information content (AvgIpc) is 3.09. The summed E-state index contributed by atoms with van der Waals surface area (Å²) < 4.78 is 2.67. The van der Waals surface area contributed by atoms with E-state index in [-0.39, 0.29) is 22.5 Å². The summed E-state index contributed by atoms with van der Waals surface area (Å²) in [6.07, 6.45) is 3.22. The van der Waals surface area contributed by atoms with E-state index < -0.39 is 11.2 Å². The third-order valence-corrected chi connectivity index (χ3v) is 5.33. The van der Waals surface area contributed by atoms with Crippen molar-refractivity contribution in [2.75, 3.05) is 6.54 Å². The van der Waals surface area contributed by atoms with Gasteiger partial charge in [-0.15, -0.1) is 0 Å². The van der Waals surface area contributed by atoms with Gasteiger partial charge < -0.3 is 14.9 Å². The van der Waals surface area contributed by atoms with Crippen LogP contribution in [0.2, 0.25) is 0 Å². The summed E-state index contributed by atoms with van der Waals surface area (Å²) >= 11 is 0. The van der Waals surface area contributed by atoms with Crippen LogP contribution >= 0.6 is 0 Å². The summed E-state index contributed by atoms with van der Waals surface area (Å²) in [4.78, 5) is 41.3. The smallest absolute Gasteiger partial charge is 0.333 e. The highest BCUT2D eigenvalue weighted by Gasteiger charge is 2.20. The molecule has 2 heterocycles. The van der Waals surface area contributed by atoms with Gasteiger partial charge in [-0.1, -0.05) is 48.0 Å². The topological polar surface area (TPSA) is 88.9 Å². The molecule has 0 bridgehead atoms. The second-order valence-corrected chi connectivity index (χ2v) is 7.63. The number of amides is 1. The molecule has 2 aromatic carbocycles. The van der Waals surface area contributed by atoms with Crippen molar-refractivity contribution in [2.45, 2.75) is 19.8 Å². The van der Waals surface area contributed by atoms with Crippen molar-refractivity contribution in [1.29, 1.82) is 0 Å².